The molecule has 2 heterocycles. The molecule has 1 fully saturated rings. The third-order valence-electron chi connectivity index (χ3n) is 4.41. The van der Waals surface area contributed by atoms with E-state index in [0.29, 0.717) is 11.4 Å². The lowest BCUT2D eigenvalue weighted by atomic mass is 10.1. The van der Waals surface area contributed by atoms with Crippen molar-refractivity contribution in [3.05, 3.63) is 22.9 Å². The molecule has 1 atom stereocenters. The summed E-state index contributed by atoms with van der Waals surface area (Å²) in [6, 6.07) is 1.94. The van der Waals surface area contributed by atoms with E-state index in [9.17, 15) is 4.79 Å². The number of amides is 1. The van der Waals surface area contributed by atoms with Crippen LogP contribution in [0.1, 0.15) is 47.3 Å². The number of rotatable bonds is 4. The van der Waals surface area contributed by atoms with Gasteiger partial charge in [0.25, 0.3) is 5.91 Å². The van der Waals surface area contributed by atoms with Gasteiger partial charge in [-0.25, -0.2) is 4.98 Å². The number of likely N-dealkylation sites (N-methyl/N-ethyl adjacent to an activating group) is 1. The molecule has 5 heteroatoms. The molecule has 0 radical (unpaired) electrons. The lowest BCUT2D eigenvalue weighted by Crippen LogP contribution is -2.35. The predicted octanol–water partition coefficient (Wildman–Crippen LogP) is 1.67. The van der Waals surface area contributed by atoms with Gasteiger partial charge in [0.2, 0.25) is 0 Å². The number of primary amides is 1. The van der Waals surface area contributed by atoms with Gasteiger partial charge in [-0.15, -0.1) is 0 Å². The molecule has 21 heavy (non-hydrogen) atoms. The van der Waals surface area contributed by atoms with Crippen molar-refractivity contribution < 1.29 is 9.53 Å². The van der Waals surface area contributed by atoms with Crippen molar-refractivity contribution in [2.75, 3.05) is 25.1 Å². The molecular weight excluding hydrogens is 266 g/mol. The standard InChI is InChI=1S/C16H23N3O2/c1-19(10-12-6-2-3-8-21-12)16-13(15(17)20)9-11-5-4-7-14(11)18-16/h9,12H,2-8,10H2,1H3,(H2,17,20). The van der Waals surface area contributed by atoms with Crippen molar-refractivity contribution in [1.82, 2.24) is 4.98 Å². The van der Waals surface area contributed by atoms with Crippen molar-refractivity contribution in [3.8, 4) is 0 Å². The highest BCUT2D eigenvalue weighted by Gasteiger charge is 2.23. The average molecular weight is 289 g/mol. The summed E-state index contributed by atoms with van der Waals surface area (Å²) >= 11 is 0. The summed E-state index contributed by atoms with van der Waals surface area (Å²) in [5.41, 5.74) is 8.37. The number of aryl methyl sites for hydroxylation is 2. The van der Waals surface area contributed by atoms with Crippen LogP contribution in [-0.2, 0) is 17.6 Å². The van der Waals surface area contributed by atoms with Gasteiger partial charge >= 0.3 is 0 Å². The first kappa shape index (κ1) is 14.3. The Bertz CT molecular complexity index is 539. The van der Waals surface area contributed by atoms with Gasteiger partial charge in [0.15, 0.2) is 0 Å². The number of fused-ring (bicyclic) bond motifs is 1. The van der Waals surface area contributed by atoms with E-state index in [1.165, 1.54) is 12.0 Å². The monoisotopic (exact) mass is 289 g/mol. The molecule has 0 saturated carbocycles. The van der Waals surface area contributed by atoms with Gasteiger partial charge in [-0.1, -0.05) is 0 Å². The third-order valence-corrected chi connectivity index (χ3v) is 4.41. The van der Waals surface area contributed by atoms with Gasteiger partial charge in [-0.05, 0) is 50.2 Å². The fourth-order valence-corrected chi connectivity index (χ4v) is 3.28. The molecule has 2 N–H and O–H groups in total. The van der Waals surface area contributed by atoms with Crippen molar-refractivity contribution in [1.29, 1.82) is 0 Å². The molecule has 1 aliphatic carbocycles. The van der Waals surface area contributed by atoms with E-state index in [4.69, 9.17) is 15.5 Å². The Labute approximate surface area is 125 Å². The average Bonchev–Trinajstić information content (AvgIpc) is 2.94. The fourth-order valence-electron chi connectivity index (χ4n) is 3.28. The topological polar surface area (TPSA) is 68.4 Å². The molecule has 0 bridgehead atoms. The molecule has 0 aromatic carbocycles. The number of aromatic nitrogens is 1. The zero-order chi connectivity index (χ0) is 14.8. The van der Waals surface area contributed by atoms with Gasteiger partial charge in [-0.2, -0.15) is 0 Å². The molecule has 1 unspecified atom stereocenters. The van der Waals surface area contributed by atoms with Gasteiger partial charge in [0, 0.05) is 25.9 Å². The number of nitrogens with two attached hydrogens (primary N) is 1. The largest absolute Gasteiger partial charge is 0.376 e. The number of nitrogens with zero attached hydrogens (tertiary/aromatic N) is 2. The first-order valence-electron chi connectivity index (χ1n) is 7.80. The highest BCUT2D eigenvalue weighted by Crippen LogP contribution is 2.27. The van der Waals surface area contributed by atoms with Crippen LogP contribution in [0, 0.1) is 0 Å². The summed E-state index contributed by atoms with van der Waals surface area (Å²) in [7, 11) is 1.97. The van der Waals surface area contributed by atoms with Crippen LogP contribution in [-0.4, -0.2) is 37.2 Å². The number of hydrogen-bond donors (Lipinski definition) is 1. The smallest absolute Gasteiger partial charge is 0.252 e. The Balaban J connectivity index is 1.83. The Hall–Kier alpha value is -1.62. The number of pyridine rings is 1. The quantitative estimate of drug-likeness (QED) is 0.915. The minimum Gasteiger partial charge on any atom is -0.376 e. The normalized spacial score (nSPS) is 21.1. The van der Waals surface area contributed by atoms with Crippen LogP contribution in [0.25, 0.3) is 0 Å². The summed E-state index contributed by atoms with van der Waals surface area (Å²) in [5.74, 6) is 0.306. The van der Waals surface area contributed by atoms with E-state index >= 15 is 0 Å². The Morgan fingerprint density at radius 1 is 1.43 bits per heavy atom. The van der Waals surface area contributed by atoms with Crippen LogP contribution in [0.5, 0.6) is 0 Å². The number of carbonyl (C=O) groups is 1. The molecular formula is C16H23N3O2. The van der Waals surface area contributed by atoms with Gasteiger partial charge in [0.05, 0.1) is 11.7 Å². The molecule has 1 aromatic rings. The minimum atomic E-state index is -0.399. The Morgan fingerprint density at radius 3 is 3.00 bits per heavy atom. The highest BCUT2D eigenvalue weighted by molar-refractivity contribution is 5.98. The van der Waals surface area contributed by atoms with E-state index in [-0.39, 0.29) is 6.10 Å². The maximum absolute atomic E-state index is 11.7. The summed E-state index contributed by atoms with van der Waals surface area (Å²) in [4.78, 5) is 18.5. The van der Waals surface area contributed by atoms with E-state index in [1.807, 2.05) is 18.0 Å². The summed E-state index contributed by atoms with van der Waals surface area (Å²) in [6.45, 7) is 1.59. The summed E-state index contributed by atoms with van der Waals surface area (Å²) in [6.07, 6.45) is 6.75. The van der Waals surface area contributed by atoms with Crippen LogP contribution >= 0.6 is 0 Å². The van der Waals surface area contributed by atoms with Gasteiger partial charge in [0.1, 0.15) is 5.82 Å². The second-order valence-corrected chi connectivity index (χ2v) is 6.05. The van der Waals surface area contributed by atoms with Crippen molar-refractivity contribution in [2.45, 2.75) is 44.6 Å². The van der Waals surface area contributed by atoms with E-state index in [2.05, 4.69) is 0 Å². The molecule has 1 aromatic heterocycles. The minimum absolute atomic E-state index is 0.222. The van der Waals surface area contributed by atoms with E-state index in [0.717, 1.165) is 50.9 Å². The van der Waals surface area contributed by atoms with Crippen LogP contribution in [0.15, 0.2) is 6.07 Å². The van der Waals surface area contributed by atoms with Crippen molar-refractivity contribution >= 4 is 11.7 Å². The molecule has 2 aliphatic rings. The molecule has 1 aliphatic heterocycles. The zero-order valence-corrected chi connectivity index (χ0v) is 12.6. The van der Waals surface area contributed by atoms with Crippen LogP contribution in [0.3, 0.4) is 0 Å². The maximum atomic E-state index is 11.7. The first-order valence-corrected chi connectivity index (χ1v) is 7.80. The van der Waals surface area contributed by atoms with Crippen molar-refractivity contribution in [2.24, 2.45) is 5.73 Å². The second-order valence-electron chi connectivity index (χ2n) is 6.05. The second kappa shape index (κ2) is 6.02. The molecule has 0 spiro atoms. The number of anilines is 1. The molecule has 1 amide bonds. The summed E-state index contributed by atoms with van der Waals surface area (Å²) < 4.78 is 5.78. The van der Waals surface area contributed by atoms with Crippen LogP contribution in [0.4, 0.5) is 5.82 Å². The SMILES string of the molecule is CN(CC1CCCCO1)c1nc2c(cc1C(N)=O)CCC2. The molecule has 1 saturated heterocycles. The van der Waals surface area contributed by atoms with Crippen LogP contribution < -0.4 is 10.6 Å². The number of hydrogen-bond acceptors (Lipinski definition) is 4. The predicted molar refractivity (Wildman–Crippen MR) is 81.6 cm³/mol. The first-order chi connectivity index (χ1) is 10.1. The molecule has 5 nitrogen and oxygen atoms in total. The lowest BCUT2D eigenvalue weighted by molar-refractivity contribution is 0.0215. The summed E-state index contributed by atoms with van der Waals surface area (Å²) in [5, 5.41) is 0. The Morgan fingerprint density at radius 2 is 2.29 bits per heavy atom. The Kier molecular flexibility index (Phi) is 4.10. The number of ether oxygens (including phenoxy) is 1. The maximum Gasteiger partial charge on any atom is 0.252 e. The number of carbonyl (C=O) groups excluding carboxylic acids is 1. The van der Waals surface area contributed by atoms with E-state index in [1.54, 1.807) is 0 Å². The fraction of sp³-hybridized carbons (Fsp3) is 0.625. The van der Waals surface area contributed by atoms with Crippen molar-refractivity contribution in [3.63, 3.8) is 0 Å². The van der Waals surface area contributed by atoms with Gasteiger partial charge < -0.3 is 15.4 Å². The molecule has 114 valence electrons. The van der Waals surface area contributed by atoms with Crippen LogP contribution in [0.2, 0.25) is 0 Å². The lowest BCUT2D eigenvalue weighted by Gasteiger charge is -2.29. The highest BCUT2D eigenvalue weighted by atomic mass is 16.5. The molecule has 3 rings (SSSR count). The van der Waals surface area contributed by atoms with Gasteiger partial charge in [-0.3, -0.25) is 4.79 Å². The third kappa shape index (κ3) is 3.02. The zero-order valence-electron chi connectivity index (χ0n) is 12.6. The van der Waals surface area contributed by atoms with E-state index < -0.39 is 5.91 Å².